The van der Waals surface area contributed by atoms with E-state index in [9.17, 15) is 4.79 Å². The number of hydrogen-bond donors (Lipinski definition) is 2. The molecule has 3 nitrogen and oxygen atoms in total. The highest BCUT2D eigenvalue weighted by Crippen LogP contribution is 2.17. The van der Waals surface area contributed by atoms with Crippen molar-refractivity contribution in [3.05, 3.63) is 47.5 Å². The van der Waals surface area contributed by atoms with E-state index < -0.39 is 0 Å². The van der Waals surface area contributed by atoms with E-state index in [4.69, 9.17) is 5.73 Å². The predicted octanol–water partition coefficient (Wildman–Crippen LogP) is 2.23. The summed E-state index contributed by atoms with van der Waals surface area (Å²) in [4.78, 5) is 11.9. The molecule has 0 aliphatic heterocycles. The smallest absolute Gasteiger partial charge is 0.251 e. The lowest BCUT2D eigenvalue weighted by atomic mass is 9.94. The number of hydrogen-bond acceptors (Lipinski definition) is 2. The van der Waals surface area contributed by atoms with Crippen molar-refractivity contribution in [3.63, 3.8) is 0 Å². The molecule has 18 heavy (non-hydrogen) atoms. The van der Waals surface area contributed by atoms with Gasteiger partial charge in [0, 0.05) is 18.7 Å². The van der Waals surface area contributed by atoms with Gasteiger partial charge in [0.15, 0.2) is 0 Å². The van der Waals surface area contributed by atoms with Crippen LogP contribution in [0.25, 0.3) is 0 Å². The first-order valence-corrected chi connectivity index (χ1v) is 6.52. The summed E-state index contributed by atoms with van der Waals surface area (Å²) in [6.07, 6.45) is 7.79. The largest absolute Gasteiger partial charge is 0.352 e. The average molecular weight is 244 g/mol. The van der Waals surface area contributed by atoms with Gasteiger partial charge in [-0.15, -0.1) is 0 Å². The summed E-state index contributed by atoms with van der Waals surface area (Å²) in [7, 11) is 0. The second kappa shape index (κ2) is 6.36. The van der Waals surface area contributed by atoms with Crippen LogP contribution in [0.2, 0.25) is 0 Å². The summed E-state index contributed by atoms with van der Waals surface area (Å²) in [5.41, 5.74) is 7.28. The zero-order valence-corrected chi connectivity index (χ0v) is 10.6. The van der Waals surface area contributed by atoms with Crippen molar-refractivity contribution in [3.8, 4) is 0 Å². The first kappa shape index (κ1) is 12.8. The normalized spacial score (nSPS) is 18.6. The molecule has 0 saturated carbocycles. The molecule has 1 unspecified atom stereocenters. The van der Waals surface area contributed by atoms with Crippen LogP contribution in [-0.4, -0.2) is 12.5 Å². The lowest BCUT2D eigenvalue weighted by molar-refractivity contribution is 0.0946. The standard InChI is InChI=1S/C15H20N2O/c16-10-12-6-8-14(9-7-12)15(18)17-11-13-4-2-1-3-5-13/h1-2,6-9,13H,3-5,10-11,16H2,(H,17,18). The van der Waals surface area contributed by atoms with Crippen LogP contribution in [0.1, 0.15) is 35.2 Å². The highest BCUT2D eigenvalue weighted by Gasteiger charge is 2.12. The molecule has 1 aromatic carbocycles. The zero-order valence-electron chi connectivity index (χ0n) is 10.6. The summed E-state index contributed by atoms with van der Waals surface area (Å²) in [5.74, 6) is 0.593. The van der Waals surface area contributed by atoms with E-state index in [-0.39, 0.29) is 5.91 Å². The van der Waals surface area contributed by atoms with Gasteiger partial charge < -0.3 is 11.1 Å². The Morgan fingerprint density at radius 2 is 2.06 bits per heavy atom. The maximum absolute atomic E-state index is 11.9. The van der Waals surface area contributed by atoms with Gasteiger partial charge in [-0.25, -0.2) is 0 Å². The second-order valence-electron chi connectivity index (χ2n) is 4.76. The number of allylic oxidation sites excluding steroid dienone is 2. The molecule has 3 N–H and O–H groups in total. The average Bonchev–Trinajstić information content (AvgIpc) is 2.46. The van der Waals surface area contributed by atoms with E-state index in [1.54, 1.807) is 0 Å². The molecule has 3 heteroatoms. The monoisotopic (exact) mass is 244 g/mol. The maximum Gasteiger partial charge on any atom is 0.251 e. The van der Waals surface area contributed by atoms with Crippen LogP contribution in [-0.2, 0) is 6.54 Å². The van der Waals surface area contributed by atoms with Crippen LogP contribution in [0.5, 0.6) is 0 Å². The number of nitrogens with one attached hydrogen (secondary N) is 1. The Hall–Kier alpha value is -1.61. The van der Waals surface area contributed by atoms with Crippen LogP contribution in [0.15, 0.2) is 36.4 Å². The minimum atomic E-state index is 0.00752. The van der Waals surface area contributed by atoms with Crippen molar-refractivity contribution >= 4 is 5.91 Å². The number of benzene rings is 1. The first-order valence-electron chi connectivity index (χ1n) is 6.52. The van der Waals surface area contributed by atoms with E-state index in [1.165, 1.54) is 6.42 Å². The Balaban J connectivity index is 1.84. The zero-order chi connectivity index (χ0) is 12.8. The van der Waals surface area contributed by atoms with Gasteiger partial charge in [0.1, 0.15) is 0 Å². The van der Waals surface area contributed by atoms with Crippen LogP contribution < -0.4 is 11.1 Å². The molecule has 0 spiro atoms. The predicted molar refractivity (Wildman–Crippen MR) is 73.1 cm³/mol. The molecule has 96 valence electrons. The molecule has 1 amide bonds. The number of carbonyl (C=O) groups is 1. The van der Waals surface area contributed by atoms with Gasteiger partial charge in [-0.3, -0.25) is 4.79 Å². The molecule has 0 bridgehead atoms. The highest BCUT2D eigenvalue weighted by molar-refractivity contribution is 5.94. The lowest BCUT2D eigenvalue weighted by Gasteiger charge is -2.18. The maximum atomic E-state index is 11.9. The van der Waals surface area contributed by atoms with Crippen molar-refractivity contribution in [2.75, 3.05) is 6.54 Å². The molecule has 1 aliphatic carbocycles. The Bertz CT molecular complexity index is 423. The van der Waals surface area contributed by atoms with Crippen molar-refractivity contribution < 1.29 is 4.79 Å². The van der Waals surface area contributed by atoms with Crippen LogP contribution >= 0.6 is 0 Å². The fraction of sp³-hybridized carbons (Fsp3) is 0.400. The summed E-state index contributed by atoms with van der Waals surface area (Å²) in [6.45, 7) is 1.28. The van der Waals surface area contributed by atoms with E-state index in [0.717, 1.165) is 24.9 Å². The number of carbonyl (C=O) groups excluding carboxylic acids is 1. The Morgan fingerprint density at radius 3 is 2.67 bits per heavy atom. The first-order chi connectivity index (χ1) is 8.79. The number of rotatable bonds is 4. The summed E-state index contributed by atoms with van der Waals surface area (Å²) < 4.78 is 0. The van der Waals surface area contributed by atoms with Gasteiger partial charge in [-0.05, 0) is 42.9 Å². The van der Waals surface area contributed by atoms with Crippen molar-refractivity contribution in [1.29, 1.82) is 0 Å². The summed E-state index contributed by atoms with van der Waals surface area (Å²) >= 11 is 0. The minimum Gasteiger partial charge on any atom is -0.352 e. The Labute approximate surface area is 108 Å². The third kappa shape index (κ3) is 3.44. The Kier molecular flexibility index (Phi) is 4.53. The quantitative estimate of drug-likeness (QED) is 0.798. The van der Waals surface area contributed by atoms with Crippen LogP contribution in [0, 0.1) is 5.92 Å². The number of nitrogens with two attached hydrogens (primary N) is 1. The fourth-order valence-corrected chi connectivity index (χ4v) is 2.17. The van der Waals surface area contributed by atoms with Crippen LogP contribution in [0.3, 0.4) is 0 Å². The summed E-state index contributed by atoms with van der Waals surface area (Å²) in [5, 5.41) is 3.00. The molecule has 1 atom stereocenters. The molecule has 1 aliphatic rings. The SMILES string of the molecule is NCc1ccc(C(=O)NCC2CC=CCC2)cc1. The van der Waals surface area contributed by atoms with E-state index in [2.05, 4.69) is 17.5 Å². The van der Waals surface area contributed by atoms with Crippen molar-refractivity contribution in [2.24, 2.45) is 11.7 Å². The molecule has 0 heterocycles. The van der Waals surface area contributed by atoms with Gasteiger partial charge in [0.05, 0.1) is 0 Å². The second-order valence-corrected chi connectivity index (χ2v) is 4.76. The van der Waals surface area contributed by atoms with Crippen molar-refractivity contribution in [2.45, 2.75) is 25.8 Å². The van der Waals surface area contributed by atoms with Gasteiger partial charge in [0.25, 0.3) is 5.91 Å². The molecule has 0 radical (unpaired) electrons. The molecule has 0 aromatic heterocycles. The summed E-state index contributed by atoms with van der Waals surface area (Å²) in [6, 6.07) is 7.47. The van der Waals surface area contributed by atoms with Crippen molar-refractivity contribution in [1.82, 2.24) is 5.32 Å². The number of amides is 1. The minimum absolute atomic E-state index is 0.00752. The van der Waals surface area contributed by atoms with Gasteiger partial charge in [0.2, 0.25) is 0 Å². The van der Waals surface area contributed by atoms with E-state index >= 15 is 0 Å². The molecule has 0 fully saturated rings. The highest BCUT2D eigenvalue weighted by atomic mass is 16.1. The molecule has 1 aromatic rings. The van der Waals surface area contributed by atoms with Gasteiger partial charge in [-0.2, -0.15) is 0 Å². The molecule has 0 saturated heterocycles. The third-order valence-electron chi connectivity index (χ3n) is 3.38. The van der Waals surface area contributed by atoms with E-state index in [0.29, 0.717) is 18.0 Å². The van der Waals surface area contributed by atoms with E-state index in [1.807, 2.05) is 24.3 Å². The molecular weight excluding hydrogens is 224 g/mol. The van der Waals surface area contributed by atoms with Gasteiger partial charge >= 0.3 is 0 Å². The Morgan fingerprint density at radius 1 is 1.28 bits per heavy atom. The topological polar surface area (TPSA) is 55.1 Å². The molecular formula is C15H20N2O. The van der Waals surface area contributed by atoms with Gasteiger partial charge in [-0.1, -0.05) is 24.3 Å². The molecule has 2 rings (SSSR count). The fourth-order valence-electron chi connectivity index (χ4n) is 2.17. The lowest BCUT2D eigenvalue weighted by Crippen LogP contribution is -2.29. The van der Waals surface area contributed by atoms with Crippen LogP contribution in [0.4, 0.5) is 0 Å². The third-order valence-corrected chi connectivity index (χ3v) is 3.38.